The molecule has 0 radical (unpaired) electrons. The van der Waals surface area contributed by atoms with Gasteiger partial charge >= 0.3 is 0 Å². The normalized spacial score (nSPS) is 26.4. The first kappa shape index (κ1) is 26.6. The van der Waals surface area contributed by atoms with Gasteiger partial charge in [0.15, 0.2) is 0 Å². The minimum atomic E-state index is -3.35. The second-order valence-corrected chi connectivity index (χ2v) is 13.8. The summed E-state index contributed by atoms with van der Waals surface area (Å²) in [6, 6.07) is 4.90. The maximum Gasteiger partial charge on any atom is 0.252 e. The molecule has 2 aliphatic rings. The third kappa shape index (κ3) is 5.62. The molecule has 1 fully saturated rings. The van der Waals surface area contributed by atoms with E-state index >= 15 is 4.11 Å². The van der Waals surface area contributed by atoms with Gasteiger partial charge in [-0.15, -0.1) is 0 Å². The maximum atomic E-state index is 15.7. The number of nitrogens with zero attached hydrogens (tertiary/aromatic N) is 1. The minimum absolute atomic E-state index is 0.0233. The Labute approximate surface area is 201 Å². The Kier molecular flexibility index (Phi) is 8.38. The number of fused-ring (bicyclic) bond motifs is 1. The van der Waals surface area contributed by atoms with E-state index in [0.29, 0.717) is 18.0 Å². The number of anilines is 1. The van der Waals surface area contributed by atoms with Crippen molar-refractivity contribution in [1.82, 2.24) is 4.90 Å². The van der Waals surface area contributed by atoms with Crippen LogP contribution in [-0.2, 0) is 14.3 Å². The summed E-state index contributed by atoms with van der Waals surface area (Å²) >= 11 is 0. The number of aliphatic hydroxyl groups excluding tert-OH is 2. The van der Waals surface area contributed by atoms with Gasteiger partial charge in [0.1, 0.15) is 18.0 Å². The Bertz CT molecular complexity index is 893. The summed E-state index contributed by atoms with van der Waals surface area (Å²) in [5.74, 6) is -0.405. The van der Waals surface area contributed by atoms with Crippen molar-refractivity contribution < 1.29 is 33.4 Å². The summed E-state index contributed by atoms with van der Waals surface area (Å²) in [7, 11) is -1.77. The number of hydrogen-bond acceptors (Lipinski definition) is 6. The van der Waals surface area contributed by atoms with Crippen LogP contribution >= 0.6 is 0 Å². The fourth-order valence-electron chi connectivity index (χ4n) is 5.11. The van der Waals surface area contributed by atoms with Crippen LogP contribution in [0.4, 0.5) is 9.80 Å². The summed E-state index contributed by atoms with van der Waals surface area (Å²) in [6.07, 6.45) is -0.530. The molecule has 8 nitrogen and oxygen atoms in total. The molecular formula is C24H37FN2O6Si. The average Bonchev–Trinajstić information content (AvgIpc) is 3.25. The van der Waals surface area contributed by atoms with E-state index in [2.05, 4.69) is 5.32 Å². The number of nitrogens with one attached hydrogen (secondary N) is 1. The topological polar surface area (TPSA) is 108 Å². The molecule has 34 heavy (non-hydrogen) atoms. The zero-order valence-electron chi connectivity index (χ0n) is 20.6. The fourth-order valence-corrected chi connectivity index (χ4v) is 6.92. The van der Waals surface area contributed by atoms with E-state index in [1.54, 1.807) is 43.3 Å². The molecule has 6 atom stereocenters. The van der Waals surface area contributed by atoms with Crippen molar-refractivity contribution in [3.8, 4) is 5.75 Å². The Hall–Kier alpha value is -2.01. The molecule has 2 aliphatic heterocycles. The second-order valence-electron chi connectivity index (χ2n) is 9.96. The van der Waals surface area contributed by atoms with Gasteiger partial charge in [0, 0.05) is 42.8 Å². The van der Waals surface area contributed by atoms with E-state index in [-0.39, 0.29) is 30.9 Å². The third-order valence-electron chi connectivity index (χ3n) is 7.06. The van der Waals surface area contributed by atoms with E-state index in [1.807, 2.05) is 6.92 Å². The maximum absolute atomic E-state index is 15.7. The molecular weight excluding hydrogens is 459 g/mol. The number of benzene rings is 1. The van der Waals surface area contributed by atoms with Gasteiger partial charge < -0.3 is 34.0 Å². The molecule has 1 aromatic rings. The summed E-state index contributed by atoms with van der Waals surface area (Å²) in [4.78, 5) is 26.7. The van der Waals surface area contributed by atoms with Gasteiger partial charge in [0.2, 0.25) is 14.3 Å². The fraction of sp³-hybridized carbons (Fsp3) is 0.667. The summed E-state index contributed by atoms with van der Waals surface area (Å²) in [5.41, 5.74) is 0.616. The third-order valence-corrected chi connectivity index (χ3v) is 9.35. The quantitative estimate of drug-likeness (QED) is 0.377. The van der Waals surface area contributed by atoms with Crippen molar-refractivity contribution in [2.45, 2.75) is 76.1 Å². The van der Waals surface area contributed by atoms with E-state index in [4.69, 9.17) is 9.47 Å². The van der Waals surface area contributed by atoms with Gasteiger partial charge in [-0.25, -0.2) is 0 Å². The lowest BCUT2D eigenvalue weighted by Crippen LogP contribution is -2.48. The SMILES string of the molecule is CO[C@@H]1c2cc(NC(=O)[C@H](C)O)ccc2O[C@H](C(CC(=O)N2CCC[C@H]2CO)[Si](C)(C)F)[C@H]1C. The van der Waals surface area contributed by atoms with Gasteiger partial charge in [-0.05, 0) is 51.1 Å². The molecule has 0 aromatic heterocycles. The van der Waals surface area contributed by atoms with Crippen molar-refractivity contribution in [2.24, 2.45) is 5.92 Å². The van der Waals surface area contributed by atoms with Crippen LogP contribution in [0.25, 0.3) is 0 Å². The van der Waals surface area contributed by atoms with Crippen molar-refractivity contribution in [3.05, 3.63) is 23.8 Å². The van der Waals surface area contributed by atoms with Crippen molar-refractivity contribution in [2.75, 3.05) is 25.6 Å². The van der Waals surface area contributed by atoms with Gasteiger partial charge in [0.25, 0.3) is 5.91 Å². The number of likely N-dealkylation sites (tertiary alicyclic amines) is 1. The Morgan fingerprint density at radius 2 is 2.09 bits per heavy atom. The number of methoxy groups -OCH3 is 1. The summed E-state index contributed by atoms with van der Waals surface area (Å²) < 4.78 is 27.8. The van der Waals surface area contributed by atoms with Crippen molar-refractivity contribution in [3.63, 3.8) is 0 Å². The van der Waals surface area contributed by atoms with Crippen LogP contribution < -0.4 is 10.1 Å². The molecule has 10 heteroatoms. The molecule has 2 heterocycles. The van der Waals surface area contributed by atoms with Crippen LogP contribution in [0.1, 0.15) is 44.8 Å². The van der Waals surface area contributed by atoms with E-state index in [9.17, 15) is 19.8 Å². The number of carbonyl (C=O) groups excluding carboxylic acids is 2. The first-order valence-electron chi connectivity index (χ1n) is 11.9. The first-order chi connectivity index (χ1) is 16.0. The van der Waals surface area contributed by atoms with Crippen LogP contribution in [0.3, 0.4) is 0 Å². The van der Waals surface area contributed by atoms with Gasteiger partial charge in [0.05, 0.1) is 18.8 Å². The Morgan fingerprint density at radius 1 is 1.38 bits per heavy atom. The lowest BCUT2D eigenvalue weighted by atomic mass is 9.86. The molecule has 0 aliphatic carbocycles. The number of carbonyl (C=O) groups is 2. The smallest absolute Gasteiger partial charge is 0.252 e. The van der Waals surface area contributed by atoms with E-state index < -0.39 is 38.2 Å². The lowest BCUT2D eigenvalue weighted by Gasteiger charge is -2.43. The molecule has 0 saturated carbocycles. The monoisotopic (exact) mass is 496 g/mol. The molecule has 3 N–H and O–H groups in total. The highest BCUT2D eigenvalue weighted by molar-refractivity contribution is 6.72. The molecule has 2 amide bonds. The summed E-state index contributed by atoms with van der Waals surface area (Å²) in [5, 5.41) is 21.7. The molecule has 1 unspecified atom stereocenters. The number of halogens is 1. The zero-order valence-corrected chi connectivity index (χ0v) is 21.6. The number of rotatable bonds is 8. The highest BCUT2D eigenvalue weighted by atomic mass is 28.4. The molecule has 3 rings (SSSR count). The predicted octanol–water partition coefficient (Wildman–Crippen LogP) is 3.01. The Balaban J connectivity index is 1.88. The highest BCUT2D eigenvalue weighted by Crippen LogP contribution is 2.48. The average molecular weight is 497 g/mol. The molecule has 1 saturated heterocycles. The van der Waals surface area contributed by atoms with Crippen molar-refractivity contribution in [1.29, 1.82) is 0 Å². The van der Waals surface area contributed by atoms with E-state index in [1.165, 1.54) is 6.92 Å². The molecule has 1 aromatic carbocycles. The van der Waals surface area contributed by atoms with Crippen LogP contribution in [-0.4, -0.2) is 73.8 Å². The highest BCUT2D eigenvalue weighted by Gasteiger charge is 2.49. The van der Waals surface area contributed by atoms with Crippen LogP contribution in [0.2, 0.25) is 18.6 Å². The van der Waals surface area contributed by atoms with Gasteiger partial charge in [-0.1, -0.05) is 6.92 Å². The number of aliphatic hydroxyl groups is 2. The van der Waals surface area contributed by atoms with Crippen LogP contribution in [0, 0.1) is 5.92 Å². The van der Waals surface area contributed by atoms with Crippen molar-refractivity contribution >= 4 is 25.9 Å². The van der Waals surface area contributed by atoms with Gasteiger partial charge in [-0.3, -0.25) is 9.59 Å². The molecule has 190 valence electrons. The largest absolute Gasteiger partial charge is 0.490 e. The predicted molar refractivity (Wildman–Crippen MR) is 129 cm³/mol. The minimum Gasteiger partial charge on any atom is -0.490 e. The van der Waals surface area contributed by atoms with E-state index in [0.717, 1.165) is 18.4 Å². The number of hydrogen-bond donors (Lipinski definition) is 3. The number of amides is 2. The zero-order chi connectivity index (χ0) is 25.2. The Morgan fingerprint density at radius 3 is 2.68 bits per heavy atom. The summed E-state index contributed by atoms with van der Waals surface area (Å²) in [6.45, 7) is 7.00. The van der Waals surface area contributed by atoms with Crippen LogP contribution in [0.15, 0.2) is 18.2 Å². The van der Waals surface area contributed by atoms with Gasteiger partial charge in [-0.2, -0.15) is 0 Å². The first-order valence-corrected chi connectivity index (χ1v) is 14.8. The second kappa shape index (κ2) is 10.7. The molecule has 0 spiro atoms. The van der Waals surface area contributed by atoms with Crippen LogP contribution in [0.5, 0.6) is 5.75 Å². The standard InChI is InChI=1S/C24H37FN2O6Si/c1-14-22(32-3)18-11-16(26-24(31)15(2)29)8-9-19(18)33-23(14)20(34(4,5)25)12-21(30)27-10-6-7-17(27)13-28/h8-9,11,14-15,17,20,22-23,28-29H,6-7,10,12-13H2,1-5H3,(H,26,31)/t14-,15-,17-,20?,22-,23-/m0/s1. The lowest BCUT2D eigenvalue weighted by molar-refractivity contribution is -0.133. The molecule has 0 bridgehead atoms. The number of ether oxygens (including phenoxy) is 2.